The summed E-state index contributed by atoms with van der Waals surface area (Å²) in [6.07, 6.45) is 1.80. The molecule has 84 valence electrons. The summed E-state index contributed by atoms with van der Waals surface area (Å²) in [5.74, 6) is 0.669. The molecule has 1 aromatic rings. The minimum absolute atomic E-state index is 0. The Labute approximate surface area is 96.2 Å². The molecule has 3 nitrogen and oxygen atoms in total. The standard InChI is InChI=1S/C11H15NO2.ClH/c1-3-6-12-8-9-4-5-10(13)11(7-9)14-2;/h3-5,7,12-13H,1,6,8H2,2H3;1H. The van der Waals surface area contributed by atoms with Gasteiger partial charge in [-0.3, -0.25) is 0 Å². The number of phenols is 1. The largest absolute Gasteiger partial charge is 0.504 e. The highest BCUT2D eigenvalue weighted by molar-refractivity contribution is 5.85. The Morgan fingerprint density at radius 2 is 2.27 bits per heavy atom. The second kappa shape index (κ2) is 7.15. The molecule has 0 spiro atoms. The molecule has 0 aromatic heterocycles. The molecule has 0 atom stereocenters. The lowest BCUT2D eigenvalue weighted by Gasteiger charge is -2.06. The third-order valence-corrected chi connectivity index (χ3v) is 1.86. The highest BCUT2D eigenvalue weighted by atomic mass is 35.5. The van der Waals surface area contributed by atoms with Gasteiger partial charge in [-0.05, 0) is 17.7 Å². The molecule has 0 saturated heterocycles. The highest BCUT2D eigenvalue weighted by Crippen LogP contribution is 2.25. The van der Waals surface area contributed by atoms with Crippen LogP contribution < -0.4 is 10.1 Å². The first-order chi connectivity index (χ1) is 6.77. The average molecular weight is 230 g/mol. The van der Waals surface area contributed by atoms with Gasteiger partial charge in [0.2, 0.25) is 0 Å². The van der Waals surface area contributed by atoms with Crippen molar-refractivity contribution < 1.29 is 9.84 Å². The van der Waals surface area contributed by atoms with Crippen molar-refractivity contribution in [1.29, 1.82) is 0 Å². The lowest BCUT2D eigenvalue weighted by atomic mass is 10.2. The van der Waals surface area contributed by atoms with Crippen LogP contribution in [0.5, 0.6) is 11.5 Å². The van der Waals surface area contributed by atoms with Gasteiger partial charge < -0.3 is 15.2 Å². The van der Waals surface area contributed by atoms with Crippen molar-refractivity contribution in [2.75, 3.05) is 13.7 Å². The predicted molar refractivity (Wildman–Crippen MR) is 63.8 cm³/mol. The maximum absolute atomic E-state index is 9.34. The van der Waals surface area contributed by atoms with Gasteiger partial charge in [0, 0.05) is 13.1 Å². The van der Waals surface area contributed by atoms with Crippen molar-refractivity contribution in [1.82, 2.24) is 5.32 Å². The number of halogens is 1. The van der Waals surface area contributed by atoms with Crippen LogP contribution in [0, 0.1) is 0 Å². The summed E-state index contributed by atoms with van der Waals surface area (Å²) >= 11 is 0. The fraction of sp³-hybridized carbons (Fsp3) is 0.273. The number of nitrogens with one attached hydrogen (secondary N) is 1. The monoisotopic (exact) mass is 229 g/mol. The average Bonchev–Trinajstić information content (AvgIpc) is 2.21. The second-order valence-corrected chi connectivity index (χ2v) is 2.93. The Kier molecular flexibility index (Phi) is 6.58. The van der Waals surface area contributed by atoms with Crippen LogP contribution in [0.2, 0.25) is 0 Å². The van der Waals surface area contributed by atoms with E-state index in [1.165, 1.54) is 7.11 Å². The second-order valence-electron chi connectivity index (χ2n) is 2.93. The summed E-state index contributed by atoms with van der Waals surface area (Å²) in [5.41, 5.74) is 1.07. The van der Waals surface area contributed by atoms with E-state index in [1.807, 2.05) is 12.1 Å². The zero-order valence-corrected chi connectivity index (χ0v) is 9.51. The number of hydrogen-bond acceptors (Lipinski definition) is 3. The minimum atomic E-state index is 0. The summed E-state index contributed by atoms with van der Waals surface area (Å²) in [6, 6.07) is 5.29. The topological polar surface area (TPSA) is 41.5 Å². The Hall–Kier alpha value is -1.19. The van der Waals surface area contributed by atoms with Crippen LogP contribution in [-0.2, 0) is 6.54 Å². The number of aromatic hydroxyl groups is 1. The van der Waals surface area contributed by atoms with E-state index >= 15 is 0 Å². The smallest absolute Gasteiger partial charge is 0.160 e. The fourth-order valence-electron chi connectivity index (χ4n) is 1.15. The number of hydrogen-bond donors (Lipinski definition) is 2. The van der Waals surface area contributed by atoms with Gasteiger partial charge in [0.1, 0.15) is 0 Å². The molecule has 0 unspecified atom stereocenters. The lowest BCUT2D eigenvalue weighted by Crippen LogP contribution is -2.12. The van der Waals surface area contributed by atoms with Crippen molar-refractivity contribution in [2.24, 2.45) is 0 Å². The molecule has 4 heteroatoms. The van der Waals surface area contributed by atoms with Gasteiger partial charge in [-0.25, -0.2) is 0 Å². The number of phenolic OH excluding ortho intramolecular Hbond substituents is 1. The first-order valence-corrected chi connectivity index (χ1v) is 4.45. The van der Waals surface area contributed by atoms with E-state index in [4.69, 9.17) is 4.74 Å². The van der Waals surface area contributed by atoms with E-state index in [0.717, 1.165) is 18.7 Å². The zero-order valence-electron chi connectivity index (χ0n) is 8.69. The van der Waals surface area contributed by atoms with Crippen LogP contribution in [-0.4, -0.2) is 18.8 Å². The van der Waals surface area contributed by atoms with Crippen LogP contribution in [0.25, 0.3) is 0 Å². The van der Waals surface area contributed by atoms with E-state index in [-0.39, 0.29) is 18.2 Å². The third-order valence-electron chi connectivity index (χ3n) is 1.86. The zero-order chi connectivity index (χ0) is 10.4. The lowest BCUT2D eigenvalue weighted by molar-refractivity contribution is 0.373. The normalized spacial score (nSPS) is 9.13. The van der Waals surface area contributed by atoms with Gasteiger partial charge in [0.05, 0.1) is 7.11 Å². The first kappa shape index (κ1) is 13.8. The van der Waals surface area contributed by atoms with Gasteiger partial charge >= 0.3 is 0 Å². The molecule has 0 saturated carbocycles. The Morgan fingerprint density at radius 3 is 2.87 bits per heavy atom. The van der Waals surface area contributed by atoms with Crippen molar-refractivity contribution in [2.45, 2.75) is 6.54 Å². The van der Waals surface area contributed by atoms with E-state index in [2.05, 4.69) is 11.9 Å². The quantitative estimate of drug-likeness (QED) is 0.600. The molecule has 0 bridgehead atoms. The van der Waals surface area contributed by atoms with Crippen LogP contribution >= 0.6 is 12.4 Å². The molecular weight excluding hydrogens is 214 g/mol. The van der Waals surface area contributed by atoms with Crippen molar-refractivity contribution >= 4 is 12.4 Å². The van der Waals surface area contributed by atoms with Crippen LogP contribution in [0.15, 0.2) is 30.9 Å². The van der Waals surface area contributed by atoms with Crippen LogP contribution in [0.3, 0.4) is 0 Å². The first-order valence-electron chi connectivity index (χ1n) is 4.45. The van der Waals surface area contributed by atoms with Crippen molar-refractivity contribution in [3.63, 3.8) is 0 Å². The summed E-state index contributed by atoms with van der Waals surface area (Å²) in [7, 11) is 1.54. The molecule has 0 fully saturated rings. The number of rotatable bonds is 5. The summed E-state index contributed by atoms with van der Waals surface area (Å²) in [5, 5.41) is 12.5. The molecule has 0 radical (unpaired) electrons. The van der Waals surface area contributed by atoms with Crippen LogP contribution in [0.4, 0.5) is 0 Å². The number of methoxy groups -OCH3 is 1. The van der Waals surface area contributed by atoms with Gasteiger partial charge in [0.25, 0.3) is 0 Å². The van der Waals surface area contributed by atoms with Crippen molar-refractivity contribution in [3.05, 3.63) is 36.4 Å². The highest BCUT2D eigenvalue weighted by Gasteiger charge is 2.01. The van der Waals surface area contributed by atoms with Crippen LogP contribution in [0.1, 0.15) is 5.56 Å². The molecule has 0 amide bonds. The number of benzene rings is 1. The Balaban J connectivity index is 0.00000196. The molecule has 15 heavy (non-hydrogen) atoms. The molecular formula is C11H16ClNO2. The van der Waals surface area contributed by atoms with Gasteiger partial charge in [-0.1, -0.05) is 12.1 Å². The van der Waals surface area contributed by atoms with E-state index in [9.17, 15) is 5.11 Å². The van der Waals surface area contributed by atoms with E-state index in [1.54, 1.807) is 12.1 Å². The maximum Gasteiger partial charge on any atom is 0.160 e. The SMILES string of the molecule is C=CCNCc1ccc(O)c(OC)c1.Cl. The molecule has 2 N–H and O–H groups in total. The summed E-state index contributed by atoms with van der Waals surface area (Å²) in [6.45, 7) is 5.12. The Bertz CT molecular complexity index is 315. The molecule has 0 aliphatic carbocycles. The third kappa shape index (κ3) is 4.23. The van der Waals surface area contributed by atoms with Gasteiger partial charge in [0.15, 0.2) is 11.5 Å². The summed E-state index contributed by atoms with van der Waals surface area (Å²) in [4.78, 5) is 0. The molecule has 0 aliphatic rings. The maximum atomic E-state index is 9.34. The van der Waals surface area contributed by atoms with E-state index in [0.29, 0.717) is 5.75 Å². The molecule has 0 aliphatic heterocycles. The predicted octanol–water partition coefficient (Wildman–Crippen LogP) is 2.10. The Morgan fingerprint density at radius 1 is 1.53 bits per heavy atom. The number of ether oxygens (including phenoxy) is 1. The molecule has 0 heterocycles. The van der Waals surface area contributed by atoms with Crippen molar-refractivity contribution in [3.8, 4) is 11.5 Å². The van der Waals surface area contributed by atoms with Gasteiger partial charge in [-0.2, -0.15) is 0 Å². The molecule has 1 rings (SSSR count). The van der Waals surface area contributed by atoms with E-state index < -0.39 is 0 Å². The fourth-order valence-corrected chi connectivity index (χ4v) is 1.15. The minimum Gasteiger partial charge on any atom is -0.504 e. The van der Waals surface area contributed by atoms with Gasteiger partial charge in [-0.15, -0.1) is 19.0 Å². The summed E-state index contributed by atoms with van der Waals surface area (Å²) < 4.78 is 4.99. The molecule has 1 aromatic carbocycles.